The maximum Gasteiger partial charge on any atom is 0.255 e. The van der Waals surface area contributed by atoms with Crippen LogP contribution < -0.4 is 10.1 Å². The van der Waals surface area contributed by atoms with Crippen LogP contribution in [0, 0.1) is 12.7 Å². The van der Waals surface area contributed by atoms with E-state index in [0.717, 1.165) is 16.6 Å². The van der Waals surface area contributed by atoms with E-state index in [1.807, 2.05) is 25.1 Å². The van der Waals surface area contributed by atoms with Gasteiger partial charge in [0.1, 0.15) is 11.6 Å². The molecule has 0 bridgehead atoms. The van der Waals surface area contributed by atoms with E-state index in [9.17, 15) is 9.18 Å². The molecule has 3 aromatic rings. The highest BCUT2D eigenvalue weighted by Crippen LogP contribution is 2.28. The summed E-state index contributed by atoms with van der Waals surface area (Å²) in [5.41, 5.74) is 2.66. The van der Waals surface area contributed by atoms with Crippen LogP contribution in [0.3, 0.4) is 0 Å². The molecule has 4 nitrogen and oxygen atoms in total. The number of methoxy groups -OCH3 is 1. The van der Waals surface area contributed by atoms with Crippen molar-refractivity contribution in [1.29, 1.82) is 0 Å². The lowest BCUT2D eigenvalue weighted by atomic mass is 10.1. The molecule has 3 rings (SSSR count). The summed E-state index contributed by atoms with van der Waals surface area (Å²) in [6.07, 6.45) is 0. The average Bonchev–Trinajstić information content (AvgIpc) is 2.55. The van der Waals surface area contributed by atoms with Crippen molar-refractivity contribution in [3.63, 3.8) is 0 Å². The summed E-state index contributed by atoms with van der Waals surface area (Å²) in [5, 5.41) is 3.61. The summed E-state index contributed by atoms with van der Waals surface area (Å²) in [6, 6.07) is 12.6. The van der Waals surface area contributed by atoms with Crippen molar-refractivity contribution in [2.75, 3.05) is 12.4 Å². The highest BCUT2D eigenvalue weighted by molar-refractivity contribution is 6.05. The van der Waals surface area contributed by atoms with E-state index in [-0.39, 0.29) is 11.7 Å². The molecule has 1 aromatic heterocycles. The van der Waals surface area contributed by atoms with Gasteiger partial charge in [-0.25, -0.2) is 4.39 Å². The molecular weight excluding hydrogens is 295 g/mol. The van der Waals surface area contributed by atoms with Gasteiger partial charge in [-0.3, -0.25) is 9.78 Å². The van der Waals surface area contributed by atoms with Crippen molar-refractivity contribution >= 4 is 22.5 Å². The smallest absolute Gasteiger partial charge is 0.255 e. The summed E-state index contributed by atoms with van der Waals surface area (Å²) < 4.78 is 18.3. The second kappa shape index (κ2) is 6.04. The third kappa shape index (κ3) is 3.13. The first-order chi connectivity index (χ1) is 11.1. The number of aromatic nitrogens is 1. The fourth-order valence-corrected chi connectivity index (χ4v) is 2.37. The van der Waals surface area contributed by atoms with Gasteiger partial charge in [-0.15, -0.1) is 0 Å². The van der Waals surface area contributed by atoms with Gasteiger partial charge in [0, 0.05) is 28.4 Å². The number of carbonyl (C=O) groups excluding carboxylic acids is 1. The van der Waals surface area contributed by atoms with E-state index < -0.39 is 0 Å². The van der Waals surface area contributed by atoms with Crippen LogP contribution in [0.1, 0.15) is 16.1 Å². The maximum absolute atomic E-state index is 12.9. The lowest BCUT2D eigenvalue weighted by Crippen LogP contribution is -2.11. The SMILES string of the molecule is COc1cc(C)nc2ccc(NC(=O)c3ccc(F)cc3)cc12. The number of rotatable bonds is 3. The first-order valence-corrected chi connectivity index (χ1v) is 7.09. The van der Waals surface area contributed by atoms with Gasteiger partial charge in [0.15, 0.2) is 0 Å². The minimum absolute atomic E-state index is 0.302. The van der Waals surface area contributed by atoms with Crippen LogP contribution in [-0.4, -0.2) is 18.0 Å². The van der Waals surface area contributed by atoms with Gasteiger partial charge in [-0.1, -0.05) is 0 Å². The van der Waals surface area contributed by atoms with Crippen LogP contribution >= 0.6 is 0 Å². The number of anilines is 1. The third-order valence-electron chi connectivity index (χ3n) is 3.48. The molecule has 0 fully saturated rings. The summed E-state index contributed by atoms with van der Waals surface area (Å²) >= 11 is 0. The van der Waals surface area contributed by atoms with Gasteiger partial charge < -0.3 is 10.1 Å². The molecule has 5 heteroatoms. The van der Waals surface area contributed by atoms with E-state index in [1.165, 1.54) is 24.3 Å². The Balaban J connectivity index is 1.92. The molecule has 1 heterocycles. The van der Waals surface area contributed by atoms with Crippen molar-refractivity contribution in [2.45, 2.75) is 6.92 Å². The molecule has 0 saturated carbocycles. The fourth-order valence-electron chi connectivity index (χ4n) is 2.37. The molecular formula is C18H15FN2O2. The Hall–Kier alpha value is -2.95. The lowest BCUT2D eigenvalue weighted by molar-refractivity contribution is 0.102. The van der Waals surface area contributed by atoms with Gasteiger partial charge in [-0.2, -0.15) is 0 Å². The minimum Gasteiger partial charge on any atom is -0.496 e. The van der Waals surface area contributed by atoms with E-state index in [1.54, 1.807) is 13.2 Å². The molecule has 0 aliphatic rings. The molecule has 1 N–H and O–H groups in total. The molecule has 0 atom stereocenters. The van der Waals surface area contributed by atoms with Gasteiger partial charge in [-0.05, 0) is 49.4 Å². The highest BCUT2D eigenvalue weighted by atomic mass is 19.1. The first-order valence-electron chi connectivity index (χ1n) is 7.09. The zero-order valence-corrected chi connectivity index (χ0v) is 12.8. The maximum atomic E-state index is 12.9. The van der Waals surface area contributed by atoms with E-state index in [0.29, 0.717) is 17.0 Å². The number of aryl methyl sites for hydroxylation is 1. The number of benzene rings is 2. The van der Waals surface area contributed by atoms with Crippen LogP contribution in [0.4, 0.5) is 10.1 Å². The fraction of sp³-hybridized carbons (Fsp3) is 0.111. The molecule has 0 radical (unpaired) electrons. The van der Waals surface area contributed by atoms with Crippen LogP contribution in [0.15, 0.2) is 48.5 Å². The number of amides is 1. The average molecular weight is 310 g/mol. The van der Waals surface area contributed by atoms with Gasteiger partial charge in [0.25, 0.3) is 5.91 Å². The predicted molar refractivity (Wildman–Crippen MR) is 87.4 cm³/mol. The monoisotopic (exact) mass is 310 g/mol. The number of halogens is 1. The number of carbonyl (C=O) groups is 1. The number of pyridine rings is 1. The molecule has 0 spiro atoms. The van der Waals surface area contributed by atoms with Crippen LogP contribution in [0.2, 0.25) is 0 Å². The number of nitrogens with zero attached hydrogens (tertiary/aromatic N) is 1. The Labute approximate surface area is 132 Å². The van der Waals surface area contributed by atoms with Crippen molar-refractivity contribution < 1.29 is 13.9 Å². The molecule has 0 aliphatic carbocycles. The van der Waals surface area contributed by atoms with Crippen molar-refractivity contribution in [1.82, 2.24) is 4.98 Å². The highest BCUT2D eigenvalue weighted by Gasteiger charge is 2.09. The largest absolute Gasteiger partial charge is 0.496 e. The standard InChI is InChI=1S/C18H15FN2O2/c1-11-9-17(23-2)15-10-14(7-8-16(15)20-11)21-18(22)12-3-5-13(19)6-4-12/h3-10H,1-2H3,(H,21,22). The van der Waals surface area contributed by atoms with Crippen LogP contribution in [-0.2, 0) is 0 Å². The zero-order chi connectivity index (χ0) is 16.4. The van der Waals surface area contributed by atoms with Crippen molar-refractivity contribution in [3.05, 3.63) is 65.6 Å². The summed E-state index contributed by atoms with van der Waals surface area (Å²) in [5.74, 6) is 0.0206. The van der Waals surface area contributed by atoms with E-state index >= 15 is 0 Å². The molecule has 23 heavy (non-hydrogen) atoms. The Bertz CT molecular complexity index is 876. The molecule has 1 amide bonds. The second-order valence-electron chi connectivity index (χ2n) is 5.16. The number of fused-ring (bicyclic) bond motifs is 1. The topological polar surface area (TPSA) is 51.2 Å². The Kier molecular flexibility index (Phi) is 3.93. The predicted octanol–water partition coefficient (Wildman–Crippen LogP) is 3.94. The quantitative estimate of drug-likeness (QED) is 0.797. The molecule has 0 aliphatic heterocycles. The van der Waals surface area contributed by atoms with Crippen molar-refractivity contribution in [3.8, 4) is 5.75 Å². The van der Waals surface area contributed by atoms with Crippen molar-refractivity contribution in [2.24, 2.45) is 0 Å². The second-order valence-corrected chi connectivity index (χ2v) is 5.16. The molecule has 2 aromatic carbocycles. The summed E-state index contributed by atoms with van der Waals surface area (Å²) in [7, 11) is 1.60. The Morgan fingerprint density at radius 2 is 1.87 bits per heavy atom. The lowest BCUT2D eigenvalue weighted by Gasteiger charge is -2.10. The van der Waals surface area contributed by atoms with Gasteiger partial charge in [0.2, 0.25) is 0 Å². The van der Waals surface area contributed by atoms with Crippen LogP contribution in [0.5, 0.6) is 5.75 Å². The van der Waals surface area contributed by atoms with Crippen LogP contribution in [0.25, 0.3) is 10.9 Å². The van der Waals surface area contributed by atoms with E-state index in [2.05, 4.69) is 10.3 Å². The molecule has 116 valence electrons. The Morgan fingerprint density at radius 1 is 1.13 bits per heavy atom. The minimum atomic E-state index is -0.376. The number of hydrogen-bond donors (Lipinski definition) is 1. The molecule has 0 unspecified atom stereocenters. The Morgan fingerprint density at radius 3 is 2.57 bits per heavy atom. The molecule has 0 saturated heterocycles. The van der Waals surface area contributed by atoms with E-state index in [4.69, 9.17) is 4.74 Å². The summed E-state index contributed by atoms with van der Waals surface area (Å²) in [4.78, 5) is 16.6. The number of nitrogens with one attached hydrogen (secondary N) is 1. The first kappa shape index (κ1) is 15.0. The summed E-state index contributed by atoms with van der Waals surface area (Å²) in [6.45, 7) is 1.90. The zero-order valence-electron chi connectivity index (χ0n) is 12.8. The van der Waals surface area contributed by atoms with Gasteiger partial charge >= 0.3 is 0 Å². The number of hydrogen-bond acceptors (Lipinski definition) is 3. The third-order valence-corrected chi connectivity index (χ3v) is 3.48. The van der Waals surface area contributed by atoms with Gasteiger partial charge in [0.05, 0.1) is 12.6 Å². The number of ether oxygens (including phenoxy) is 1. The normalized spacial score (nSPS) is 10.6.